The summed E-state index contributed by atoms with van der Waals surface area (Å²) >= 11 is 0. The molecule has 3 aromatic rings. The standard InChI is InChI=1S/C20H17F2NO3S/c1-26-19-9-11-20(12-10-19)27(24,25)23(18-4-2-3-17(22)13-18)14-15-5-7-16(21)8-6-15/h2-13H,14H2,1H3. The van der Waals surface area contributed by atoms with Gasteiger partial charge in [-0.25, -0.2) is 17.2 Å². The van der Waals surface area contributed by atoms with Crippen molar-refractivity contribution in [1.29, 1.82) is 0 Å². The minimum absolute atomic E-state index is 0.0367. The van der Waals surface area contributed by atoms with Gasteiger partial charge < -0.3 is 4.74 Å². The van der Waals surface area contributed by atoms with Crippen molar-refractivity contribution in [3.63, 3.8) is 0 Å². The van der Waals surface area contributed by atoms with E-state index in [2.05, 4.69) is 0 Å². The number of rotatable bonds is 6. The Morgan fingerprint density at radius 1 is 0.889 bits per heavy atom. The molecule has 0 atom stereocenters. The summed E-state index contributed by atoms with van der Waals surface area (Å²) in [4.78, 5) is 0.0367. The Balaban J connectivity index is 2.05. The summed E-state index contributed by atoms with van der Waals surface area (Å²) in [7, 11) is -2.50. The van der Waals surface area contributed by atoms with Gasteiger partial charge in [0, 0.05) is 0 Å². The highest BCUT2D eigenvalue weighted by Gasteiger charge is 2.25. The average molecular weight is 389 g/mol. The number of hydrogen-bond acceptors (Lipinski definition) is 3. The van der Waals surface area contributed by atoms with Crippen LogP contribution in [0.1, 0.15) is 5.56 Å². The molecule has 3 aromatic carbocycles. The maximum atomic E-state index is 13.7. The largest absolute Gasteiger partial charge is 0.497 e. The molecule has 0 fully saturated rings. The number of sulfonamides is 1. The molecule has 0 aliphatic rings. The first-order valence-electron chi connectivity index (χ1n) is 8.07. The van der Waals surface area contributed by atoms with Crippen LogP contribution in [0.5, 0.6) is 5.75 Å². The molecule has 4 nitrogen and oxygen atoms in total. The zero-order valence-electron chi connectivity index (χ0n) is 14.5. The molecule has 0 amide bonds. The first-order valence-corrected chi connectivity index (χ1v) is 9.51. The van der Waals surface area contributed by atoms with Crippen molar-refractivity contribution in [2.24, 2.45) is 0 Å². The van der Waals surface area contributed by atoms with Crippen LogP contribution < -0.4 is 9.04 Å². The summed E-state index contributed by atoms with van der Waals surface area (Å²) in [5.74, 6) is -0.458. The normalized spacial score (nSPS) is 11.2. The molecule has 0 saturated carbocycles. The van der Waals surface area contributed by atoms with Gasteiger partial charge in [0.1, 0.15) is 17.4 Å². The Bertz CT molecular complexity index is 1020. The predicted molar refractivity (Wildman–Crippen MR) is 99.2 cm³/mol. The number of halogens is 2. The van der Waals surface area contributed by atoms with Gasteiger partial charge in [-0.1, -0.05) is 18.2 Å². The van der Waals surface area contributed by atoms with Gasteiger partial charge in [0.15, 0.2) is 0 Å². The van der Waals surface area contributed by atoms with Crippen LogP contribution in [0, 0.1) is 11.6 Å². The van der Waals surface area contributed by atoms with Crippen molar-refractivity contribution in [3.05, 3.63) is 90.0 Å². The van der Waals surface area contributed by atoms with E-state index in [9.17, 15) is 17.2 Å². The van der Waals surface area contributed by atoms with Crippen LogP contribution in [0.4, 0.5) is 14.5 Å². The van der Waals surface area contributed by atoms with Crippen molar-refractivity contribution in [3.8, 4) is 5.75 Å². The summed E-state index contributed by atoms with van der Waals surface area (Å²) in [6.45, 7) is -0.0713. The monoisotopic (exact) mass is 389 g/mol. The van der Waals surface area contributed by atoms with Crippen molar-refractivity contribution in [1.82, 2.24) is 0 Å². The summed E-state index contributed by atoms with van der Waals surface area (Å²) < 4.78 is 59.4. The van der Waals surface area contributed by atoms with Crippen molar-refractivity contribution < 1.29 is 21.9 Å². The maximum Gasteiger partial charge on any atom is 0.264 e. The number of anilines is 1. The van der Waals surface area contributed by atoms with E-state index in [4.69, 9.17) is 4.74 Å². The smallest absolute Gasteiger partial charge is 0.264 e. The third-order valence-corrected chi connectivity index (χ3v) is 5.77. The van der Waals surface area contributed by atoms with Crippen LogP contribution in [0.2, 0.25) is 0 Å². The lowest BCUT2D eigenvalue weighted by Crippen LogP contribution is -2.30. The van der Waals surface area contributed by atoms with E-state index in [1.54, 1.807) is 0 Å². The molecule has 0 N–H and O–H groups in total. The topological polar surface area (TPSA) is 46.6 Å². The van der Waals surface area contributed by atoms with Gasteiger partial charge in [-0.2, -0.15) is 0 Å². The van der Waals surface area contributed by atoms with Crippen LogP contribution in [0.15, 0.2) is 77.7 Å². The fourth-order valence-electron chi connectivity index (χ4n) is 2.58. The highest BCUT2D eigenvalue weighted by molar-refractivity contribution is 7.92. The van der Waals surface area contributed by atoms with Crippen molar-refractivity contribution in [2.45, 2.75) is 11.4 Å². The molecular weight excluding hydrogens is 372 g/mol. The fourth-order valence-corrected chi connectivity index (χ4v) is 4.02. The van der Waals surface area contributed by atoms with Crippen LogP contribution in [0.25, 0.3) is 0 Å². The molecule has 0 radical (unpaired) electrons. The molecule has 140 valence electrons. The first-order chi connectivity index (χ1) is 12.9. The van der Waals surface area contributed by atoms with E-state index >= 15 is 0 Å². The molecule has 0 heterocycles. The van der Waals surface area contributed by atoms with E-state index in [-0.39, 0.29) is 17.1 Å². The van der Waals surface area contributed by atoms with Crippen molar-refractivity contribution >= 4 is 15.7 Å². The van der Waals surface area contributed by atoms with Crippen LogP contribution in [-0.4, -0.2) is 15.5 Å². The Morgan fingerprint density at radius 3 is 2.15 bits per heavy atom. The molecular formula is C20H17F2NO3S. The molecule has 0 aliphatic carbocycles. The molecule has 0 saturated heterocycles. The van der Waals surface area contributed by atoms with Gasteiger partial charge in [-0.15, -0.1) is 0 Å². The molecule has 27 heavy (non-hydrogen) atoms. The Kier molecular flexibility index (Phi) is 5.41. The molecule has 0 aliphatic heterocycles. The number of ether oxygens (including phenoxy) is 1. The van der Waals surface area contributed by atoms with Gasteiger partial charge in [0.05, 0.1) is 24.2 Å². The summed E-state index contributed by atoms with van der Waals surface area (Å²) in [6, 6.07) is 16.7. The summed E-state index contributed by atoms with van der Waals surface area (Å²) in [6.07, 6.45) is 0. The summed E-state index contributed by atoms with van der Waals surface area (Å²) in [5.41, 5.74) is 0.743. The molecule has 0 bridgehead atoms. The SMILES string of the molecule is COc1ccc(S(=O)(=O)N(Cc2ccc(F)cc2)c2cccc(F)c2)cc1. The van der Waals surface area contributed by atoms with Crippen LogP contribution >= 0.6 is 0 Å². The minimum Gasteiger partial charge on any atom is -0.497 e. The average Bonchev–Trinajstić information content (AvgIpc) is 2.67. The van der Waals surface area contributed by atoms with E-state index in [1.165, 1.54) is 73.8 Å². The second-order valence-electron chi connectivity index (χ2n) is 5.79. The molecule has 3 rings (SSSR count). The van der Waals surface area contributed by atoms with Gasteiger partial charge in [0.25, 0.3) is 10.0 Å². The number of nitrogens with zero attached hydrogens (tertiary/aromatic N) is 1. The van der Waals surface area contributed by atoms with Crippen LogP contribution in [-0.2, 0) is 16.6 Å². The Labute approximate surface area is 156 Å². The molecule has 7 heteroatoms. The summed E-state index contributed by atoms with van der Waals surface area (Å²) in [5, 5.41) is 0. The van der Waals surface area contributed by atoms with Gasteiger partial charge >= 0.3 is 0 Å². The number of benzene rings is 3. The zero-order valence-corrected chi connectivity index (χ0v) is 15.3. The minimum atomic E-state index is -3.99. The number of methoxy groups -OCH3 is 1. The second kappa shape index (κ2) is 7.75. The van der Waals surface area contributed by atoms with Gasteiger partial charge in [-0.05, 0) is 60.2 Å². The Hall–Kier alpha value is -2.93. The molecule has 0 unspecified atom stereocenters. The number of hydrogen-bond donors (Lipinski definition) is 0. The second-order valence-corrected chi connectivity index (χ2v) is 7.66. The lowest BCUT2D eigenvalue weighted by atomic mass is 10.2. The predicted octanol–water partition coefficient (Wildman–Crippen LogP) is 4.37. The zero-order chi connectivity index (χ0) is 19.4. The van der Waals surface area contributed by atoms with Gasteiger partial charge in [0.2, 0.25) is 0 Å². The fraction of sp³-hybridized carbons (Fsp3) is 0.100. The third kappa shape index (κ3) is 4.25. The highest BCUT2D eigenvalue weighted by atomic mass is 32.2. The Morgan fingerprint density at radius 2 is 1.56 bits per heavy atom. The lowest BCUT2D eigenvalue weighted by Gasteiger charge is -2.25. The van der Waals surface area contributed by atoms with E-state index in [0.29, 0.717) is 11.3 Å². The van der Waals surface area contributed by atoms with Crippen molar-refractivity contribution in [2.75, 3.05) is 11.4 Å². The first kappa shape index (κ1) is 18.8. The van der Waals surface area contributed by atoms with E-state index in [1.807, 2.05) is 0 Å². The lowest BCUT2D eigenvalue weighted by molar-refractivity contribution is 0.414. The van der Waals surface area contributed by atoms with E-state index < -0.39 is 21.7 Å². The maximum absolute atomic E-state index is 13.7. The van der Waals surface area contributed by atoms with Gasteiger partial charge in [-0.3, -0.25) is 4.31 Å². The van der Waals surface area contributed by atoms with E-state index in [0.717, 1.165) is 10.4 Å². The highest BCUT2D eigenvalue weighted by Crippen LogP contribution is 2.27. The quantitative estimate of drug-likeness (QED) is 0.629. The third-order valence-electron chi connectivity index (χ3n) is 3.98. The molecule has 0 aromatic heterocycles. The molecule has 0 spiro atoms. The van der Waals surface area contributed by atoms with Crippen LogP contribution in [0.3, 0.4) is 0 Å².